The second kappa shape index (κ2) is 8.79. The molecule has 0 spiro atoms. The molecule has 1 N–H and O–H groups in total. The first kappa shape index (κ1) is 22.7. The van der Waals surface area contributed by atoms with Gasteiger partial charge in [-0.1, -0.05) is 0 Å². The Labute approximate surface area is 183 Å². The Hall–Kier alpha value is -3.51. The van der Waals surface area contributed by atoms with Gasteiger partial charge >= 0.3 is 6.36 Å². The smallest absolute Gasteiger partial charge is 0.440 e. The Balaban J connectivity index is 1.59. The topological polar surface area (TPSA) is 99.6 Å². The lowest BCUT2D eigenvalue weighted by Gasteiger charge is -2.08. The van der Waals surface area contributed by atoms with Gasteiger partial charge < -0.3 is 23.6 Å². The lowest BCUT2D eigenvalue weighted by atomic mass is 10.1. The van der Waals surface area contributed by atoms with Crippen LogP contribution in [0.15, 0.2) is 34.7 Å². The van der Waals surface area contributed by atoms with Crippen LogP contribution in [0.25, 0.3) is 22.1 Å². The molecule has 4 aromatic rings. The van der Waals surface area contributed by atoms with Crippen molar-refractivity contribution < 1.29 is 41.4 Å². The number of aromatic nitrogens is 3. The van der Waals surface area contributed by atoms with Crippen molar-refractivity contribution in [2.24, 2.45) is 7.05 Å². The van der Waals surface area contributed by atoms with Crippen molar-refractivity contribution in [3.63, 3.8) is 0 Å². The van der Waals surface area contributed by atoms with Crippen LogP contribution in [0.1, 0.15) is 22.1 Å². The fourth-order valence-corrected chi connectivity index (χ4v) is 3.29. The molecule has 0 aliphatic heterocycles. The lowest BCUT2D eigenvalue weighted by Crippen LogP contribution is -2.17. The van der Waals surface area contributed by atoms with E-state index in [1.165, 1.54) is 0 Å². The molecule has 0 atom stereocenters. The number of rotatable bonds is 8. The molecule has 0 saturated heterocycles. The second-order valence-electron chi connectivity index (χ2n) is 7.07. The molecular formula is C21H17F4N3O5. The van der Waals surface area contributed by atoms with Crippen molar-refractivity contribution in [2.75, 3.05) is 19.8 Å². The number of imidazole rings is 1. The zero-order chi connectivity index (χ0) is 23.8. The number of hydrogen-bond acceptors (Lipinski definition) is 7. The summed E-state index contributed by atoms with van der Waals surface area (Å²) in [7, 11) is 1.74. The van der Waals surface area contributed by atoms with E-state index in [4.69, 9.17) is 14.3 Å². The minimum atomic E-state index is -5.05. The third-order valence-corrected chi connectivity index (χ3v) is 4.79. The number of Topliss-reactive ketones (excluding diaryl/α,β-unsaturated/α-hetero) is 1. The van der Waals surface area contributed by atoms with Crippen molar-refractivity contribution in [1.29, 1.82) is 0 Å². The van der Waals surface area contributed by atoms with Crippen LogP contribution in [0.5, 0.6) is 5.75 Å². The summed E-state index contributed by atoms with van der Waals surface area (Å²) in [6, 6.07) is 6.54. The lowest BCUT2D eigenvalue weighted by molar-refractivity contribution is -0.275. The van der Waals surface area contributed by atoms with E-state index in [2.05, 4.69) is 14.7 Å². The van der Waals surface area contributed by atoms with Crippen LogP contribution in [0.2, 0.25) is 0 Å². The molecule has 0 aliphatic rings. The predicted molar refractivity (Wildman–Crippen MR) is 106 cm³/mol. The minimum absolute atomic E-state index is 0.0338. The number of fused-ring (bicyclic) bond motifs is 2. The van der Waals surface area contributed by atoms with Crippen LogP contribution in [-0.2, 0) is 18.2 Å². The Kier molecular flexibility index (Phi) is 6.04. The van der Waals surface area contributed by atoms with Gasteiger partial charge in [-0.15, -0.1) is 13.2 Å². The van der Waals surface area contributed by atoms with Crippen LogP contribution in [0.3, 0.4) is 0 Å². The third-order valence-electron chi connectivity index (χ3n) is 4.79. The van der Waals surface area contributed by atoms with Crippen LogP contribution in [-0.4, -0.2) is 51.6 Å². The number of aliphatic hydroxyl groups is 1. The SMILES string of the molecule is Cn1c(Cc2nc3cc(F)c(OC(F)(F)F)cc3o2)nc2cc(C(=O)COCCO)ccc21. The number of carbonyl (C=O) groups excluding carboxylic acids is 1. The number of oxazole rings is 1. The molecule has 2 heterocycles. The van der Waals surface area contributed by atoms with Crippen molar-refractivity contribution in [2.45, 2.75) is 12.8 Å². The second-order valence-corrected chi connectivity index (χ2v) is 7.07. The first-order chi connectivity index (χ1) is 15.6. The summed E-state index contributed by atoms with van der Waals surface area (Å²) in [6.45, 7) is -0.305. The van der Waals surface area contributed by atoms with Gasteiger partial charge in [0.25, 0.3) is 0 Å². The molecule has 0 amide bonds. The Morgan fingerprint density at radius 1 is 1.18 bits per heavy atom. The molecule has 2 aromatic heterocycles. The van der Waals surface area contributed by atoms with E-state index < -0.39 is 17.9 Å². The predicted octanol–water partition coefficient (Wildman–Crippen LogP) is 3.53. The number of alkyl halides is 3. The maximum atomic E-state index is 13.9. The number of nitrogens with zero attached hydrogens (tertiary/aromatic N) is 3. The van der Waals surface area contributed by atoms with Gasteiger partial charge in [-0.3, -0.25) is 4.79 Å². The van der Waals surface area contributed by atoms with Crippen LogP contribution in [0, 0.1) is 5.82 Å². The average Bonchev–Trinajstić information content (AvgIpc) is 3.27. The number of aliphatic hydroxyl groups excluding tert-OH is 1. The highest BCUT2D eigenvalue weighted by Gasteiger charge is 2.33. The van der Waals surface area contributed by atoms with Gasteiger partial charge in [0.05, 0.1) is 30.7 Å². The molecule has 0 unspecified atom stereocenters. The Bertz CT molecular complexity index is 1330. The summed E-state index contributed by atoms with van der Waals surface area (Å²) in [5, 5.41) is 8.73. The number of carbonyl (C=O) groups is 1. The highest BCUT2D eigenvalue weighted by molar-refractivity contribution is 5.99. The van der Waals surface area contributed by atoms with Crippen molar-refractivity contribution >= 4 is 27.9 Å². The third kappa shape index (κ3) is 4.96. The van der Waals surface area contributed by atoms with Gasteiger partial charge in [0, 0.05) is 24.7 Å². The number of ether oxygens (including phenoxy) is 2. The van der Waals surface area contributed by atoms with E-state index in [1.807, 2.05) is 0 Å². The van der Waals surface area contributed by atoms with Gasteiger partial charge in [0.15, 0.2) is 22.9 Å². The van der Waals surface area contributed by atoms with E-state index in [9.17, 15) is 22.4 Å². The van der Waals surface area contributed by atoms with E-state index in [-0.39, 0.29) is 49.0 Å². The molecule has 33 heavy (non-hydrogen) atoms. The molecule has 0 aliphatic carbocycles. The minimum Gasteiger partial charge on any atom is -0.440 e. The fraction of sp³-hybridized carbons (Fsp3) is 0.286. The number of halogens is 4. The first-order valence-electron chi connectivity index (χ1n) is 9.66. The van der Waals surface area contributed by atoms with E-state index >= 15 is 0 Å². The van der Waals surface area contributed by atoms with Crippen LogP contribution >= 0.6 is 0 Å². The van der Waals surface area contributed by atoms with Gasteiger partial charge in [-0.05, 0) is 18.2 Å². The summed E-state index contributed by atoms with van der Waals surface area (Å²) in [6.07, 6.45) is -4.98. The molecule has 8 nitrogen and oxygen atoms in total. The van der Waals surface area contributed by atoms with Crippen LogP contribution in [0.4, 0.5) is 17.6 Å². The highest BCUT2D eigenvalue weighted by Crippen LogP contribution is 2.30. The van der Waals surface area contributed by atoms with Crippen LogP contribution < -0.4 is 4.74 Å². The number of aryl methyl sites for hydroxylation is 1. The zero-order valence-electron chi connectivity index (χ0n) is 17.1. The maximum Gasteiger partial charge on any atom is 0.573 e. The standard InChI is InChI=1S/C21H17F4N3O5/c1-28-15-3-2-11(16(30)10-31-5-4-29)6-13(15)26-19(28)9-20-27-14-7-12(22)17(8-18(14)32-20)33-21(23,24)25/h2-3,6-8,29H,4-5,9-10H2,1H3. The summed E-state index contributed by atoms with van der Waals surface area (Å²) in [5.41, 5.74) is 1.61. The number of benzene rings is 2. The molecule has 0 fully saturated rings. The summed E-state index contributed by atoms with van der Waals surface area (Å²) >= 11 is 0. The molecule has 0 bridgehead atoms. The van der Waals surface area contributed by atoms with Gasteiger partial charge in [0.2, 0.25) is 5.89 Å². The van der Waals surface area contributed by atoms with Gasteiger partial charge in [-0.25, -0.2) is 14.4 Å². The summed E-state index contributed by atoms with van der Waals surface area (Å²) in [4.78, 5) is 20.8. The molecular weight excluding hydrogens is 450 g/mol. The van der Waals surface area contributed by atoms with Crippen molar-refractivity contribution in [3.05, 3.63) is 53.4 Å². The number of hydrogen-bond donors (Lipinski definition) is 1. The molecule has 0 radical (unpaired) electrons. The normalized spacial score (nSPS) is 12.1. The van der Waals surface area contributed by atoms with E-state index in [0.717, 1.165) is 17.6 Å². The molecule has 174 valence electrons. The number of ketones is 1. The largest absolute Gasteiger partial charge is 0.573 e. The van der Waals surface area contributed by atoms with Gasteiger partial charge in [-0.2, -0.15) is 0 Å². The van der Waals surface area contributed by atoms with Crippen molar-refractivity contribution in [1.82, 2.24) is 14.5 Å². The molecule has 2 aromatic carbocycles. The van der Waals surface area contributed by atoms with Crippen molar-refractivity contribution in [3.8, 4) is 5.75 Å². The van der Waals surface area contributed by atoms with Gasteiger partial charge in [0.1, 0.15) is 17.9 Å². The Morgan fingerprint density at radius 2 is 1.97 bits per heavy atom. The maximum absolute atomic E-state index is 13.9. The summed E-state index contributed by atoms with van der Waals surface area (Å²) in [5.74, 6) is -1.89. The van der Waals surface area contributed by atoms with E-state index in [1.54, 1.807) is 29.8 Å². The Morgan fingerprint density at radius 3 is 2.70 bits per heavy atom. The highest BCUT2D eigenvalue weighted by atomic mass is 19.4. The zero-order valence-corrected chi connectivity index (χ0v) is 17.1. The summed E-state index contributed by atoms with van der Waals surface area (Å²) < 4.78 is 67.2. The van der Waals surface area contributed by atoms with E-state index in [0.29, 0.717) is 16.9 Å². The molecule has 12 heteroatoms. The molecule has 0 saturated carbocycles. The quantitative estimate of drug-likeness (QED) is 0.240. The fourth-order valence-electron chi connectivity index (χ4n) is 3.29. The monoisotopic (exact) mass is 467 g/mol. The molecule has 4 rings (SSSR count). The average molecular weight is 467 g/mol. The first-order valence-corrected chi connectivity index (χ1v) is 9.66.